The molecule has 1 fully saturated rings. The van der Waals surface area contributed by atoms with E-state index in [0.717, 1.165) is 0 Å². The fourth-order valence-corrected chi connectivity index (χ4v) is 4.39. The van der Waals surface area contributed by atoms with E-state index in [1.165, 1.54) is 8.61 Å². The predicted octanol–water partition coefficient (Wildman–Crippen LogP) is -1.98. The van der Waals surface area contributed by atoms with Crippen molar-refractivity contribution in [3.8, 4) is 0 Å². The van der Waals surface area contributed by atoms with Crippen LogP contribution in [0, 0.1) is 5.92 Å². The molecule has 0 saturated carbocycles. The van der Waals surface area contributed by atoms with Crippen molar-refractivity contribution in [2.24, 2.45) is 17.4 Å². The molecule has 0 aliphatic carbocycles. The van der Waals surface area contributed by atoms with Crippen molar-refractivity contribution in [2.45, 2.75) is 32.1 Å². The number of hydrogen-bond donors (Lipinski definition) is 4. The molecular formula is C11H27BN4O4S. The van der Waals surface area contributed by atoms with Crippen molar-refractivity contribution < 1.29 is 18.5 Å². The van der Waals surface area contributed by atoms with Crippen LogP contribution in [0.15, 0.2) is 0 Å². The van der Waals surface area contributed by atoms with Crippen LogP contribution in [-0.2, 0) is 10.2 Å². The molecule has 1 heterocycles. The number of likely N-dealkylation sites (N-methyl/N-ethyl adjacent to an activating group) is 1. The van der Waals surface area contributed by atoms with Gasteiger partial charge in [-0.2, -0.15) is 17.0 Å². The van der Waals surface area contributed by atoms with E-state index in [1.54, 1.807) is 6.92 Å². The van der Waals surface area contributed by atoms with Gasteiger partial charge in [-0.1, -0.05) is 13.3 Å². The monoisotopic (exact) mass is 322 g/mol. The summed E-state index contributed by atoms with van der Waals surface area (Å²) in [7, 11) is -4.83. The fourth-order valence-electron chi connectivity index (χ4n) is 2.66. The van der Waals surface area contributed by atoms with Crippen LogP contribution in [0.2, 0.25) is 6.32 Å². The summed E-state index contributed by atoms with van der Waals surface area (Å²) >= 11 is 0. The fraction of sp³-hybridized carbons (Fsp3) is 1.00. The van der Waals surface area contributed by atoms with E-state index in [2.05, 4.69) is 0 Å². The van der Waals surface area contributed by atoms with Gasteiger partial charge in [0.2, 0.25) is 0 Å². The normalized spacial score (nSPS) is 23.9. The van der Waals surface area contributed by atoms with Gasteiger partial charge in [0.05, 0.1) is 0 Å². The lowest BCUT2D eigenvalue weighted by Crippen LogP contribution is -2.45. The van der Waals surface area contributed by atoms with Gasteiger partial charge in [0, 0.05) is 38.8 Å². The van der Waals surface area contributed by atoms with Gasteiger partial charge in [-0.25, -0.2) is 0 Å². The molecule has 0 aromatic rings. The van der Waals surface area contributed by atoms with E-state index < -0.39 is 17.3 Å². The Morgan fingerprint density at radius 1 is 1.38 bits per heavy atom. The second-order valence-electron chi connectivity index (χ2n) is 5.44. The highest BCUT2D eigenvalue weighted by Gasteiger charge is 2.38. The third-order valence-corrected chi connectivity index (χ3v) is 5.92. The molecule has 0 aromatic heterocycles. The van der Waals surface area contributed by atoms with E-state index in [4.69, 9.17) is 21.5 Å². The summed E-state index contributed by atoms with van der Waals surface area (Å²) in [5.74, 6) is 0.0510. The Bertz CT molecular complexity index is 409. The maximum atomic E-state index is 12.5. The highest BCUT2D eigenvalue weighted by Crippen LogP contribution is 2.25. The van der Waals surface area contributed by atoms with Gasteiger partial charge in [-0.05, 0) is 18.7 Å². The third kappa shape index (κ3) is 5.17. The second kappa shape index (κ2) is 8.42. The van der Waals surface area contributed by atoms with Crippen LogP contribution in [0.5, 0.6) is 0 Å². The lowest BCUT2D eigenvalue weighted by Gasteiger charge is -2.26. The molecule has 1 saturated heterocycles. The van der Waals surface area contributed by atoms with Gasteiger partial charge in [0.25, 0.3) is 10.2 Å². The van der Waals surface area contributed by atoms with Crippen molar-refractivity contribution in [1.29, 1.82) is 0 Å². The molecule has 0 spiro atoms. The highest BCUT2D eigenvalue weighted by molar-refractivity contribution is 7.86. The van der Waals surface area contributed by atoms with Crippen LogP contribution in [0.25, 0.3) is 0 Å². The van der Waals surface area contributed by atoms with Gasteiger partial charge < -0.3 is 21.5 Å². The van der Waals surface area contributed by atoms with Crippen molar-refractivity contribution in [3.05, 3.63) is 0 Å². The molecule has 124 valence electrons. The smallest absolute Gasteiger partial charge is 0.427 e. The molecule has 8 nitrogen and oxygen atoms in total. The van der Waals surface area contributed by atoms with Gasteiger partial charge in [0.15, 0.2) is 0 Å². The molecule has 21 heavy (non-hydrogen) atoms. The Balaban J connectivity index is 2.61. The number of nitrogens with zero attached hydrogens (tertiary/aromatic N) is 2. The zero-order valence-electron chi connectivity index (χ0n) is 12.6. The standard InChI is InChI=1S/C11H27BN4O4S/c1-2-15(7-6-13)21(19,20)16-8-10(11(14)9-16)4-3-5-12(17)18/h10-11,17-18H,2-9,13-14H2,1H3/t10-,11-/m0/s1. The van der Waals surface area contributed by atoms with Crippen LogP contribution in [0.1, 0.15) is 19.8 Å². The summed E-state index contributed by atoms with van der Waals surface area (Å²) in [5.41, 5.74) is 11.5. The summed E-state index contributed by atoms with van der Waals surface area (Å²) in [6.07, 6.45) is 1.59. The van der Waals surface area contributed by atoms with Crippen molar-refractivity contribution in [1.82, 2.24) is 8.61 Å². The van der Waals surface area contributed by atoms with Crippen molar-refractivity contribution >= 4 is 17.3 Å². The molecular weight excluding hydrogens is 295 g/mol. The lowest BCUT2D eigenvalue weighted by atomic mass is 9.82. The topological polar surface area (TPSA) is 133 Å². The molecule has 6 N–H and O–H groups in total. The minimum Gasteiger partial charge on any atom is -0.427 e. The minimum atomic E-state index is -3.51. The van der Waals surface area contributed by atoms with Crippen LogP contribution in [-0.4, -0.2) is 73.0 Å². The molecule has 0 radical (unpaired) electrons. The molecule has 2 atom stereocenters. The van der Waals surface area contributed by atoms with Crippen molar-refractivity contribution in [2.75, 3.05) is 32.7 Å². The summed E-state index contributed by atoms with van der Waals surface area (Å²) in [6.45, 7) is 3.43. The first-order valence-corrected chi connectivity index (χ1v) is 8.79. The molecule has 1 aliphatic heterocycles. The molecule has 0 aromatic carbocycles. The first-order chi connectivity index (χ1) is 9.82. The molecule has 0 unspecified atom stereocenters. The predicted molar refractivity (Wildman–Crippen MR) is 82.5 cm³/mol. The molecule has 1 aliphatic rings. The summed E-state index contributed by atoms with van der Waals surface area (Å²) in [4.78, 5) is 0. The SMILES string of the molecule is CCN(CCN)S(=O)(=O)N1C[C@H](CCCB(O)O)[C@@H](N)C1. The largest absolute Gasteiger partial charge is 0.451 e. The minimum absolute atomic E-state index is 0.0510. The number of nitrogens with two attached hydrogens (primary N) is 2. The van der Waals surface area contributed by atoms with Gasteiger partial charge in [-0.3, -0.25) is 0 Å². The van der Waals surface area contributed by atoms with Gasteiger partial charge in [0.1, 0.15) is 0 Å². The highest BCUT2D eigenvalue weighted by atomic mass is 32.2. The van der Waals surface area contributed by atoms with Crippen LogP contribution < -0.4 is 11.5 Å². The zero-order valence-corrected chi connectivity index (χ0v) is 13.4. The Kier molecular flexibility index (Phi) is 7.55. The second-order valence-corrected chi connectivity index (χ2v) is 7.37. The van der Waals surface area contributed by atoms with E-state index in [0.29, 0.717) is 39.0 Å². The number of rotatable bonds is 9. The Hall–Kier alpha value is -0.225. The third-order valence-electron chi connectivity index (χ3n) is 3.88. The average molecular weight is 322 g/mol. The van der Waals surface area contributed by atoms with Gasteiger partial charge >= 0.3 is 7.12 Å². The first kappa shape index (κ1) is 18.8. The summed E-state index contributed by atoms with van der Waals surface area (Å²) < 4.78 is 27.7. The quantitative estimate of drug-likeness (QED) is 0.364. The van der Waals surface area contributed by atoms with Crippen LogP contribution in [0.4, 0.5) is 0 Å². The van der Waals surface area contributed by atoms with Crippen LogP contribution in [0.3, 0.4) is 0 Å². The maximum Gasteiger partial charge on any atom is 0.451 e. The summed E-state index contributed by atoms with van der Waals surface area (Å²) in [5, 5.41) is 17.7. The van der Waals surface area contributed by atoms with E-state index in [1.807, 2.05) is 0 Å². The molecule has 0 bridgehead atoms. The zero-order chi connectivity index (χ0) is 16.0. The summed E-state index contributed by atoms with van der Waals surface area (Å²) in [6, 6.07) is -0.216. The first-order valence-electron chi connectivity index (χ1n) is 7.39. The van der Waals surface area contributed by atoms with Crippen LogP contribution >= 0.6 is 0 Å². The van der Waals surface area contributed by atoms with Gasteiger partial charge in [-0.15, -0.1) is 0 Å². The van der Waals surface area contributed by atoms with E-state index in [-0.39, 0.29) is 24.8 Å². The Morgan fingerprint density at radius 3 is 2.57 bits per heavy atom. The molecule has 0 amide bonds. The average Bonchev–Trinajstić information content (AvgIpc) is 2.77. The van der Waals surface area contributed by atoms with E-state index in [9.17, 15) is 8.42 Å². The van der Waals surface area contributed by atoms with E-state index >= 15 is 0 Å². The molecule has 1 rings (SSSR count). The Labute approximate surface area is 127 Å². The molecule has 10 heteroatoms. The van der Waals surface area contributed by atoms with Crippen molar-refractivity contribution in [3.63, 3.8) is 0 Å². The number of hydrogen-bond acceptors (Lipinski definition) is 6. The Morgan fingerprint density at radius 2 is 2.05 bits per heavy atom. The maximum absolute atomic E-state index is 12.5. The lowest BCUT2D eigenvalue weighted by molar-refractivity contribution is 0.363.